The molecule has 0 aliphatic carbocycles. The molecule has 0 unspecified atom stereocenters. The zero-order valence-corrected chi connectivity index (χ0v) is 11.3. The van der Waals surface area contributed by atoms with Crippen molar-refractivity contribution in [2.75, 3.05) is 13.1 Å². The lowest BCUT2D eigenvalue weighted by atomic mass is 10.1. The van der Waals surface area contributed by atoms with Gasteiger partial charge in [-0.2, -0.15) is 0 Å². The molecule has 0 spiro atoms. The standard InChI is InChI=1S/C14H18ClNO2/c1-11(14(17)16-8-3-2-4-9-16)18-13-7-5-6-12(15)10-13/h5-7,10-11H,2-4,8-9H2,1H3/t11-/m1/s1. The molecule has 1 amide bonds. The van der Waals surface area contributed by atoms with Gasteiger partial charge in [0.2, 0.25) is 0 Å². The number of carbonyl (C=O) groups is 1. The third-order valence-electron chi connectivity index (χ3n) is 3.12. The fraction of sp³-hybridized carbons (Fsp3) is 0.500. The summed E-state index contributed by atoms with van der Waals surface area (Å²) < 4.78 is 5.63. The maximum atomic E-state index is 12.2. The number of piperidine rings is 1. The summed E-state index contributed by atoms with van der Waals surface area (Å²) in [6.07, 6.45) is 2.94. The minimum absolute atomic E-state index is 0.0645. The second-order valence-corrected chi connectivity index (χ2v) is 5.04. The molecule has 98 valence electrons. The third-order valence-corrected chi connectivity index (χ3v) is 3.36. The molecule has 0 saturated carbocycles. The minimum atomic E-state index is -0.457. The summed E-state index contributed by atoms with van der Waals surface area (Å²) >= 11 is 5.88. The largest absolute Gasteiger partial charge is 0.481 e. The molecule has 1 aliphatic rings. The Morgan fingerprint density at radius 1 is 1.33 bits per heavy atom. The highest BCUT2D eigenvalue weighted by Crippen LogP contribution is 2.19. The summed E-state index contributed by atoms with van der Waals surface area (Å²) in [6.45, 7) is 3.49. The lowest BCUT2D eigenvalue weighted by Crippen LogP contribution is -2.43. The predicted octanol–water partition coefficient (Wildman–Crippen LogP) is 3.12. The fourth-order valence-electron chi connectivity index (χ4n) is 2.17. The number of hydrogen-bond donors (Lipinski definition) is 0. The SMILES string of the molecule is C[C@@H](Oc1cccc(Cl)c1)C(=O)N1CCCCC1. The van der Waals surface area contributed by atoms with Gasteiger partial charge in [0.05, 0.1) is 0 Å². The van der Waals surface area contributed by atoms with Crippen LogP contribution in [0.4, 0.5) is 0 Å². The van der Waals surface area contributed by atoms with E-state index in [0.29, 0.717) is 10.8 Å². The van der Waals surface area contributed by atoms with Crippen LogP contribution in [0.5, 0.6) is 5.75 Å². The van der Waals surface area contributed by atoms with Crippen molar-refractivity contribution in [2.45, 2.75) is 32.3 Å². The average Bonchev–Trinajstić information content (AvgIpc) is 2.39. The van der Waals surface area contributed by atoms with E-state index in [1.807, 2.05) is 17.0 Å². The second-order valence-electron chi connectivity index (χ2n) is 4.60. The Morgan fingerprint density at radius 3 is 2.72 bits per heavy atom. The third kappa shape index (κ3) is 3.39. The number of rotatable bonds is 3. The van der Waals surface area contributed by atoms with E-state index in [2.05, 4.69) is 0 Å². The smallest absolute Gasteiger partial charge is 0.263 e. The highest BCUT2D eigenvalue weighted by molar-refractivity contribution is 6.30. The van der Waals surface area contributed by atoms with Crippen molar-refractivity contribution >= 4 is 17.5 Å². The summed E-state index contributed by atoms with van der Waals surface area (Å²) in [7, 11) is 0. The van der Waals surface area contributed by atoms with Crippen LogP contribution < -0.4 is 4.74 Å². The molecule has 1 atom stereocenters. The van der Waals surface area contributed by atoms with Crippen molar-refractivity contribution in [3.63, 3.8) is 0 Å². The van der Waals surface area contributed by atoms with Crippen molar-refractivity contribution in [1.29, 1.82) is 0 Å². The van der Waals surface area contributed by atoms with Crippen molar-refractivity contribution in [2.24, 2.45) is 0 Å². The maximum Gasteiger partial charge on any atom is 0.263 e. The van der Waals surface area contributed by atoms with Gasteiger partial charge in [-0.1, -0.05) is 17.7 Å². The molecule has 0 N–H and O–H groups in total. The number of halogens is 1. The van der Waals surface area contributed by atoms with Crippen LogP contribution in [0.3, 0.4) is 0 Å². The molecule has 4 heteroatoms. The highest BCUT2D eigenvalue weighted by atomic mass is 35.5. The monoisotopic (exact) mass is 267 g/mol. The fourth-order valence-corrected chi connectivity index (χ4v) is 2.35. The Bertz CT molecular complexity index is 416. The Morgan fingerprint density at radius 2 is 2.06 bits per heavy atom. The molecule has 1 heterocycles. The van der Waals surface area contributed by atoms with Crippen molar-refractivity contribution in [1.82, 2.24) is 4.90 Å². The van der Waals surface area contributed by atoms with Gasteiger partial charge in [-0.25, -0.2) is 0 Å². The van der Waals surface area contributed by atoms with Crippen molar-refractivity contribution in [3.05, 3.63) is 29.3 Å². The van der Waals surface area contributed by atoms with Gasteiger partial charge in [-0.05, 0) is 44.4 Å². The summed E-state index contributed by atoms with van der Waals surface area (Å²) in [5.41, 5.74) is 0. The molecule has 2 rings (SSSR count). The lowest BCUT2D eigenvalue weighted by molar-refractivity contribution is -0.138. The number of likely N-dealkylation sites (tertiary alicyclic amines) is 1. The van der Waals surface area contributed by atoms with E-state index in [1.165, 1.54) is 6.42 Å². The topological polar surface area (TPSA) is 29.5 Å². The Hall–Kier alpha value is -1.22. The minimum Gasteiger partial charge on any atom is -0.481 e. The van der Waals surface area contributed by atoms with E-state index in [0.717, 1.165) is 25.9 Å². The molecule has 1 aromatic rings. The predicted molar refractivity (Wildman–Crippen MR) is 72.0 cm³/mol. The molecular formula is C14H18ClNO2. The molecule has 0 bridgehead atoms. The van der Waals surface area contributed by atoms with Gasteiger partial charge in [0, 0.05) is 18.1 Å². The average molecular weight is 268 g/mol. The summed E-state index contributed by atoms with van der Waals surface area (Å²) in [5, 5.41) is 0.616. The van der Waals surface area contributed by atoms with Gasteiger partial charge in [-0.15, -0.1) is 0 Å². The van der Waals surface area contributed by atoms with Gasteiger partial charge < -0.3 is 9.64 Å². The van der Waals surface area contributed by atoms with Gasteiger partial charge in [-0.3, -0.25) is 4.79 Å². The number of hydrogen-bond acceptors (Lipinski definition) is 2. The van der Waals surface area contributed by atoms with E-state index in [4.69, 9.17) is 16.3 Å². The number of benzene rings is 1. The van der Waals surface area contributed by atoms with Crippen LogP contribution in [0.2, 0.25) is 5.02 Å². The second kappa shape index (κ2) is 6.10. The van der Waals surface area contributed by atoms with E-state index < -0.39 is 6.10 Å². The van der Waals surface area contributed by atoms with E-state index in [9.17, 15) is 4.79 Å². The van der Waals surface area contributed by atoms with E-state index in [1.54, 1.807) is 19.1 Å². The summed E-state index contributed by atoms with van der Waals surface area (Å²) in [4.78, 5) is 14.0. The Kier molecular flexibility index (Phi) is 4.48. The molecule has 1 fully saturated rings. The van der Waals surface area contributed by atoms with Crippen LogP contribution in [-0.4, -0.2) is 30.0 Å². The van der Waals surface area contributed by atoms with Crippen molar-refractivity contribution in [3.8, 4) is 5.75 Å². The van der Waals surface area contributed by atoms with Crippen LogP contribution in [0.25, 0.3) is 0 Å². The number of nitrogens with zero attached hydrogens (tertiary/aromatic N) is 1. The van der Waals surface area contributed by atoms with Crippen molar-refractivity contribution < 1.29 is 9.53 Å². The normalized spacial score (nSPS) is 17.3. The van der Waals surface area contributed by atoms with Crippen LogP contribution in [-0.2, 0) is 4.79 Å². The summed E-state index contributed by atoms with van der Waals surface area (Å²) in [6, 6.07) is 7.13. The first-order valence-corrected chi connectivity index (χ1v) is 6.75. The quantitative estimate of drug-likeness (QED) is 0.842. The van der Waals surface area contributed by atoms with Crippen LogP contribution in [0, 0.1) is 0 Å². The molecular weight excluding hydrogens is 250 g/mol. The maximum absolute atomic E-state index is 12.2. The van der Waals surface area contributed by atoms with Gasteiger partial charge in [0.1, 0.15) is 5.75 Å². The Balaban J connectivity index is 1.94. The van der Waals surface area contributed by atoms with Gasteiger partial charge in [0.25, 0.3) is 5.91 Å². The first kappa shape index (κ1) is 13.2. The molecule has 1 saturated heterocycles. The molecule has 0 aromatic heterocycles. The zero-order valence-electron chi connectivity index (χ0n) is 10.6. The van der Waals surface area contributed by atoms with E-state index in [-0.39, 0.29) is 5.91 Å². The lowest BCUT2D eigenvalue weighted by Gasteiger charge is -2.29. The number of carbonyl (C=O) groups excluding carboxylic acids is 1. The van der Waals surface area contributed by atoms with Gasteiger partial charge >= 0.3 is 0 Å². The first-order valence-electron chi connectivity index (χ1n) is 6.38. The molecule has 0 radical (unpaired) electrons. The van der Waals surface area contributed by atoms with Gasteiger partial charge in [0.15, 0.2) is 6.10 Å². The van der Waals surface area contributed by atoms with Crippen LogP contribution in [0.1, 0.15) is 26.2 Å². The number of ether oxygens (including phenoxy) is 1. The number of amides is 1. The summed E-state index contributed by atoms with van der Waals surface area (Å²) in [5.74, 6) is 0.704. The van der Waals surface area contributed by atoms with Crippen LogP contribution in [0.15, 0.2) is 24.3 Å². The molecule has 1 aliphatic heterocycles. The Labute approximate surface area is 113 Å². The molecule has 3 nitrogen and oxygen atoms in total. The zero-order chi connectivity index (χ0) is 13.0. The van der Waals surface area contributed by atoms with E-state index >= 15 is 0 Å². The highest BCUT2D eigenvalue weighted by Gasteiger charge is 2.23. The molecule has 1 aromatic carbocycles. The molecule has 18 heavy (non-hydrogen) atoms. The first-order chi connectivity index (χ1) is 8.66. The van der Waals surface area contributed by atoms with Crippen LogP contribution >= 0.6 is 11.6 Å².